The van der Waals surface area contributed by atoms with Crippen molar-refractivity contribution in [1.29, 1.82) is 0 Å². The van der Waals surface area contributed by atoms with Crippen molar-refractivity contribution in [2.45, 2.75) is 19.4 Å². The van der Waals surface area contributed by atoms with Crippen LogP contribution in [0.3, 0.4) is 0 Å². The number of nitrogens with one attached hydrogen (secondary N) is 1. The number of methoxy groups -OCH3 is 1. The van der Waals surface area contributed by atoms with Gasteiger partial charge in [0, 0.05) is 18.8 Å². The van der Waals surface area contributed by atoms with Gasteiger partial charge in [-0.3, -0.25) is 9.78 Å². The fourth-order valence-electron chi connectivity index (χ4n) is 2.13. The summed E-state index contributed by atoms with van der Waals surface area (Å²) in [5, 5.41) is 2.71. The summed E-state index contributed by atoms with van der Waals surface area (Å²) in [4.78, 5) is 28.0. The highest BCUT2D eigenvalue weighted by Crippen LogP contribution is 2.11. The van der Waals surface area contributed by atoms with E-state index in [-0.39, 0.29) is 5.91 Å². The van der Waals surface area contributed by atoms with Crippen LogP contribution >= 0.6 is 0 Å². The first-order valence-electron chi connectivity index (χ1n) is 6.95. The predicted octanol–water partition coefficient (Wildman–Crippen LogP) is 1.90. The first kappa shape index (κ1) is 15.7. The molecule has 22 heavy (non-hydrogen) atoms. The lowest BCUT2D eigenvalue weighted by atomic mass is 10.0. The predicted molar refractivity (Wildman–Crippen MR) is 82.4 cm³/mol. The summed E-state index contributed by atoms with van der Waals surface area (Å²) in [6.07, 6.45) is 3.42. The summed E-state index contributed by atoms with van der Waals surface area (Å²) < 4.78 is 4.79. The SMILES string of the molecule is COC(=O)[C@H](Cc1ccccc1C)NC(=O)c1cccnc1. The fraction of sp³-hybridized carbons (Fsp3) is 0.235. The molecule has 0 aliphatic rings. The number of carbonyl (C=O) groups excluding carboxylic acids is 2. The molecule has 1 N–H and O–H groups in total. The van der Waals surface area contributed by atoms with Crippen LogP contribution in [0.1, 0.15) is 21.5 Å². The van der Waals surface area contributed by atoms with E-state index in [2.05, 4.69) is 10.3 Å². The third-order valence-electron chi connectivity index (χ3n) is 3.40. The van der Waals surface area contributed by atoms with Gasteiger partial charge in [-0.25, -0.2) is 4.79 Å². The smallest absolute Gasteiger partial charge is 0.328 e. The van der Waals surface area contributed by atoms with Gasteiger partial charge in [0.1, 0.15) is 6.04 Å². The maximum absolute atomic E-state index is 12.2. The molecule has 0 saturated heterocycles. The van der Waals surface area contributed by atoms with Crippen molar-refractivity contribution in [3.63, 3.8) is 0 Å². The molecule has 1 aromatic carbocycles. The summed E-state index contributed by atoms with van der Waals surface area (Å²) in [6.45, 7) is 1.96. The number of ether oxygens (including phenoxy) is 1. The number of hydrogen-bond donors (Lipinski definition) is 1. The lowest BCUT2D eigenvalue weighted by Gasteiger charge is -2.17. The number of nitrogens with zero attached hydrogens (tertiary/aromatic N) is 1. The lowest BCUT2D eigenvalue weighted by Crippen LogP contribution is -2.43. The van der Waals surface area contributed by atoms with Gasteiger partial charge < -0.3 is 10.1 Å². The largest absolute Gasteiger partial charge is 0.467 e. The van der Waals surface area contributed by atoms with Crippen molar-refractivity contribution in [2.24, 2.45) is 0 Å². The molecule has 0 spiro atoms. The molecule has 0 aliphatic heterocycles. The minimum atomic E-state index is -0.737. The van der Waals surface area contributed by atoms with Crippen LogP contribution in [0.2, 0.25) is 0 Å². The Hall–Kier alpha value is -2.69. The molecule has 2 aromatic rings. The number of esters is 1. The van der Waals surface area contributed by atoms with Crippen molar-refractivity contribution in [1.82, 2.24) is 10.3 Å². The number of hydrogen-bond acceptors (Lipinski definition) is 4. The van der Waals surface area contributed by atoms with Crippen molar-refractivity contribution in [3.05, 3.63) is 65.5 Å². The van der Waals surface area contributed by atoms with Gasteiger partial charge in [-0.05, 0) is 30.2 Å². The maximum Gasteiger partial charge on any atom is 0.328 e. The molecule has 114 valence electrons. The van der Waals surface area contributed by atoms with E-state index in [1.54, 1.807) is 18.3 Å². The van der Waals surface area contributed by atoms with Gasteiger partial charge in [0.2, 0.25) is 0 Å². The monoisotopic (exact) mass is 298 g/mol. The van der Waals surface area contributed by atoms with Crippen molar-refractivity contribution in [2.75, 3.05) is 7.11 Å². The minimum Gasteiger partial charge on any atom is -0.467 e. The zero-order chi connectivity index (χ0) is 15.9. The number of carbonyl (C=O) groups is 2. The van der Waals surface area contributed by atoms with Gasteiger partial charge >= 0.3 is 5.97 Å². The van der Waals surface area contributed by atoms with Crippen LogP contribution in [-0.2, 0) is 16.0 Å². The van der Waals surface area contributed by atoms with Gasteiger partial charge in [-0.1, -0.05) is 24.3 Å². The Morgan fingerprint density at radius 1 is 1.23 bits per heavy atom. The van der Waals surface area contributed by atoms with E-state index >= 15 is 0 Å². The number of benzene rings is 1. The molecule has 1 aromatic heterocycles. The molecule has 0 unspecified atom stereocenters. The summed E-state index contributed by atoms with van der Waals surface area (Å²) >= 11 is 0. The van der Waals surface area contributed by atoms with Crippen molar-refractivity contribution in [3.8, 4) is 0 Å². The molecule has 1 amide bonds. The van der Waals surface area contributed by atoms with E-state index in [0.717, 1.165) is 11.1 Å². The van der Waals surface area contributed by atoms with Crippen LogP contribution < -0.4 is 5.32 Å². The molecule has 0 fully saturated rings. The Labute approximate surface area is 129 Å². The Balaban J connectivity index is 2.15. The molecule has 0 aliphatic carbocycles. The van der Waals surface area contributed by atoms with E-state index in [1.165, 1.54) is 13.3 Å². The molecule has 5 nitrogen and oxygen atoms in total. The van der Waals surface area contributed by atoms with Crippen LogP contribution in [0.25, 0.3) is 0 Å². The summed E-state index contributed by atoms with van der Waals surface area (Å²) in [6, 6.07) is 10.3. The van der Waals surface area contributed by atoms with Crippen LogP contribution in [0, 0.1) is 6.92 Å². The Morgan fingerprint density at radius 2 is 2.00 bits per heavy atom. The second-order valence-electron chi connectivity index (χ2n) is 4.92. The number of aromatic nitrogens is 1. The molecular formula is C17H18N2O3. The van der Waals surface area contributed by atoms with Crippen molar-refractivity contribution >= 4 is 11.9 Å². The van der Waals surface area contributed by atoms with Gasteiger partial charge in [0.15, 0.2) is 0 Å². The second-order valence-corrected chi connectivity index (χ2v) is 4.92. The Bertz CT molecular complexity index is 656. The summed E-state index contributed by atoms with van der Waals surface area (Å²) in [5.41, 5.74) is 2.46. The highest BCUT2D eigenvalue weighted by Gasteiger charge is 2.23. The van der Waals surface area contributed by atoms with E-state index in [1.807, 2.05) is 31.2 Å². The maximum atomic E-state index is 12.2. The van der Waals surface area contributed by atoms with Gasteiger partial charge in [-0.15, -0.1) is 0 Å². The zero-order valence-electron chi connectivity index (χ0n) is 12.6. The Kier molecular flexibility index (Phi) is 5.25. The topological polar surface area (TPSA) is 68.3 Å². The van der Waals surface area contributed by atoms with E-state index in [4.69, 9.17) is 4.74 Å². The molecule has 5 heteroatoms. The van der Waals surface area contributed by atoms with Crippen LogP contribution in [0.4, 0.5) is 0 Å². The van der Waals surface area contributed by atoms with E-state index in [9.17, 15) is 9.59 Å². The highest BCUT2D eigenvalue weighted by molar-refractivity contribution is 5.96. The lowest BCUT2D eigenvalue weighted by molar-refractivity contribution is -0.142. The van der Waals surface area contributed by atoms with E-state index < -0.39 is 12.0 Å². The first-order chi connectivity index (χ1) is 10.6. The average molecular weight is 298 g/mol. The van der Waals surface area contributed by atoms with Gasteiger partial charge in [-0.2, -0.15) is 0 Å². The van der Waals surface area contributed by atoms with Crippen LogP contribution in [0.5, 0.6) is 0 Å². The molecule has 0 saturated carbocycles. The number of rotatable bonds is 5. The van der Waals surface area contributed by atoms with Crippen LogP contribution in [-0.4, -0.2) is 30.0 Å². The molecule has 1 atom stereocenters. The number of pyridine rings is 1. The van der Waals surface area contributed by atoms with Gasteiger partial charge in [0.25, 0.3) is 5.91 Å². The van der Waals surface area contributed by atoms with Gasteiger partial charge in [0.05, 0.1) is 12.7 Å². The Morgan fingerprint density at radius 3 is 2.64 bits per heavy atom. The molecular weight excluding hydrogens is 280 g/mol. The quantitative estimate of drug-likeness (QED) is 0.856. The van der Waals surface area contributed by atoms with Crippen LogP contribution in [0.15, 0.2) is 48.8 Å². The zero-order valence-corrected chi connectivity index (χ0v) is 12.6. The summed E-state index contributed by atoms with van der Waals surface area (Å²) in [7, 11) is 1.31. The standard InChI is InChI=1S/C17H18N2O3/c1-12-6-3-4-7-13(12)10-15(17(21)22-2)19-16(20)14-8-5-9-18-11-14/h3-9,11,15H,10H2,1-2H3,(H,19,20)/t15-/m0/s1. The first-order valence-corrected chi connectivity index (χ1v) is 6.95. The second kappa shape index (κ2) is 7.36. The molecule has 0 bridgehead atoms. The average Bonchev–Trinajstić information content (AvgIpc) is 2.56. The minimum absolute atomic E-state index is 0.350. The molecule has 2 rings (SSSR count). The normalized spacial score (nSPS) is 11.5. The third-order valence-corrected chi connectivity index (χ3v) is 3.40. The molecule has 0 radical (unpaired) electrons. The third kappa shape index (κ3) is 3.91. The highest BCUT2D eigenvalue weighted by atomic mass is 16.5. The molecule has 1 heterocycles. The summed E-state index contributed by atoms with van der Waals surface area (Å²) in [5.74, 6) is -0.822. The fourth-order valence-corrected chi connectivity index (χ4v) is 2.13. The number of amides is 1. The number of aryl methyl sites for hydroxylation is 1. The van der Waals surface area contributed by atoms with Crippen molar-refractivity contribution < 1.29 is 14.3 Å². The van der Waals surface area contributed by atoms with E-state index in [0.29, 0.717) is 12.0 Å².